The number of anilines is 1. The number of carbonyl (C=O) groups excluding carboxylic acids is 1. The molecule has 5 heteroatoms. The molecule has 1 aromatic rings. The van der Waals surface area contributed by atoms with Gasteiger partial charge in [0.15, 0.2) is 0 Å². The molecule has 0 aliphatic carbocycles. The first kappa shape index (κ1) is 14.6. The normalized spacial score (nSPS) is 12.4. The van der Waals surface area contributed by atoms with Crippen molar-refractivity contribution in [3.05, 3.63) is 18.5 Å². The zero-order valence-corrected chi connectivity index (χ0v) is 11.1. The monoisotopic (exact) mass is 250 g/mol. The molecule has 100 valence electrons. The molecule has 0 aliphatic rings. The Hall–Kier alpha value is -1.49. The third-order valence-corrected chi connectivity index (χ3v) is 3.04. The van der Waals surface area contributed by atoms with E-state index in [4.69, 9.17) is 5.73 Å². The van der Waals surface area contributed by atoms with Crippen molar-refractivity contribution in [1.29, 1.82) is 0 Å². The van der Waals surface area contributed by atoms with Crippen molar-refractivity contribution in [3.8, 4) is 0 Å². The summed E-state index contributed by atoms with van der Waals surface area (Å²) in [6.45, 7) is 5.00. The number of nitrogens with two attached hydrogens (primary N) is 1. The van der Waals surface area contributed by atoms with Crippen LogP contribution in [0.2, 0.25) is 0 Å². The highest BCUT2D eigenvalue weighted by Crippen LogP contribution is 2.20. The number of hydrogen-bond acceptors (Lipinski definition) is 4. The fraction of sp³-hybridized carbons (Fsp3) is 0.615. The Morgan fingerprint density at radius 3 is 2.56 bits per heavy atom. The molecule has 0 saturated heterocycles. The summed E-state index contributed by atoms with van der Waals surface area (Å²) >= 11 is 0. The van der Waals surface area contributed by atoms with Gasteiger partial charge in [-0.15, -0.1) is 0 Å². The molecular weight excluding hydrogens is 228 g/mol. The predicted octanol–water partition coefficient (Wildman–Crippen LogP) is 1.82. The molecule has 5 nitrogen and oxygen atoms in total. The molecule has 0 spiro atoms. The van der Waals surface area contributed by atoms with Crippen molar-refractivity contribution in [3.63, 3.8) is 0 Å². The van der Waals surface area contributed by atoms with Crippen LogP contribution >= 0.6 is 0 Å². The van der Waals surface area contributed by atoms with Crippen LogP contribution in [0.15, 0.2) is 18.5 Å². The number of amides is 1. The van der Waals surface area contributed by atoms with E-state index < -0.39 is 0 Å². The maximum atomic E-state index is 11.7. The summed E-state index contributed by atoms with van der Waals surface area (Å²) in [5.74, 6) is 1.37. The molecule has 3 N–H and O–H groups in total. The molecular formula is C13H22N4O. The van der Waals surface area contributed by atoms with Gasteiger partial charge in [0.1, 0.15) is 0 Å². The van der Waals surface area contributed by atoms with Crippen LogP contribution in [-0.2, 0) is 4.79 Å². The van der Waals surface area contributed by atoms with E-state index >= 15 is 0 Å². The quantitative estimate of drug-likeness (QED) is 0.773. The molecule has 18 heavy (non-hydrogen) atoms. The maximum absolute atomic E-state index is 11.7. The van der Waals surface area contributed by atoms with Gasteiger partial charge in [0, 0.05) is 18.8 Å². The fourth-order valence-corrected chi connectivity index (χ4v) is 1.89. The lowest BCUT2D eigenvalue weighted by atomic mass is 9.88. The average Bonchev–Trinajstić information content (AvgIpc) is 2.35. The molecule has 1 amide bonds. The second-order valence-electron chi connectivity index (χ2n) is 4.74. The number of nitrogens with zero attached hydrogens (tertiary/aromatic N) is 2. The first-order valence-corrected chi connectivity index (χ1v) is 6.40. The summed E-state index contributed by atoms with van der Waals surface area (Å²) in [6.07, 6.45) is 5.52. The lowest BCUT2D eigenvalue weighted by Gasteiger charge is -2.19. The van der Waals surface area contributed by atoms with Crippen molar-refractivity contribution in [2.75, 3.05) is 11.9 Å². The topological polar surface area (TPSA) is 80.9 Å². The smallest absolute Gasteiger partial charge is 0.229 e. The highest BCUT2D eigenvalue weighted by Gasteiger charge is 2.14. The first-order chi connectivity index (χ1) is 8.63. The summed E-state index contributed by atoms with van der Waals surface area (Å²) in [4.78, 5) is 19.6. The van der Waals surface area contributed by atoms with Gasteiger partial charge in [0.05, 0.1) is 0 Å². The minimum Gasteiger partial charge on any atom is -0.330 e. The van der Waals surface area contributed by atoms with Crippen molar-refractivity contribution in [2.45, 2.75) is 33.1 Å². The molecule has 0 aliphatic heterocycles. The van der Waals surface area contributed by atoms with Crippen LogP contribution in [0.4, 0.5) is 5.95 Å². The Kier molecular flexibility index (Phi) is 6.28. The van der Waals surface area contributed by atoms with Crippen LogP contribution in [0.3, 0.4) is 0 Å². The Morgan fingerprint density at radius 2 is 2.00 bits per heavy atom. The minimum absolute atomic E-state index is 0.0381. The second-order valence-corrected chi connectivity index (χ2v) is 4.74. The van der Waals surface area contributed by atoms with Gasteiger partial charge in [-0.25, -0.2) is 9.97 Å². The average molecular weight is 250 g/mol. The Labute approximate surface area is 108 Å². The maximum Gasteiger partial charge on any atom is 0.229 e. The summed E-state index contributed by atoms with van der Waals surface area (Å²) in [5, 5.41) is 2.69. The standard InChI is InChI=1S/C13H22N4O/c1-10(2)11(6-7-14)4-5-12(18)17-13-15-8-3-9-16-13/h3,8-11H,4-7,14H2,1-2H3,(H,15,16,17,18). The molecule has 1 rings (SSSR count). The molecule has 1 unspecified atom stereocenters. The number of rotatable bonds is 7. The van der Waals surface area contributed by atoms with Crippen molar-refractivity contribution in [1.82, 2.24) is 9.97 Å². The van der Waals surface area contributed by atoms with E-state index in [-0.39, 0.29) is 5.91 Å². The molecule has 1 heterocycles. The summed E-state index contributed by atoms with van der Waals surface area (Å²) < 4.78 is 0. The number of hydrogen-bond donors (Lipinski definition) is 2. The predicted molar refractivity (Wildman–Crippen MR) is 71.9 cm³/mol. The zero-order chi connectivity index (χ0) is 13.4. The van der Waals surface area contributed by atoms with Crippen LogP contribution in [0.25, 0.3) is 0 Å². The van der Waals surface area contributed by atoms with Crippen LogP contribution in [-0.4, -0.2) is 22.4 Å². The van der Waals surface area contributed by atoms with Crippen molar-refractivity contribution >= 4 is 11.9 Å². The number of nitrogens with one attached hydrogen (secondary N) is 1. The molecule has 0 saturated carbocycles. The molecule has 0 fully saturated rings. The third-order valence-electron chi connectivity index (χ3n) is 3.04. The largest absolute Gasteiger partial charge is 0.330 e. The summed E-state index contributed by atoms with van der Waals surface area (Å²) in [5.41, 5.74) is 5.58. The lowest BCUT2D eigenvalue weighted by molar-refractivity contribution is -0.116. The van der Waals surface area contributed by atoms with Crippen molar-refractivity contribution < 1.29 is 4.79 Å². The van der Waals surface area contributed by atoms with Gasteiger partial charge in [-0.2, -0.15) is 0 Å². The Bertz CT molecular complexity index is 353. The fourth-order valence-electron chi connectivity index (χ4n) is 1.89. The van der Waals surface area contributed by atoms with Gasteiger partial charge < -0.3 is 5.73 Å². The third kappa shape index (κ3) is 5.23. The van der Waals surface area contributed by atoms with Gasteiger partial charge in [-0.1, -0.05) is 13.8 Å². The van der Waals surface area contributed by atoms with Crippen LogP contribution < -0.4 is 11.1 Å². The minimum atomic E-state index is -0.0381. The van der Waals surface area contributed by atoms with E-state index in [1.54, 1.807) is 18.5 Å². The molecule has 0 aromatic carbocycles. The first-order valence-electron chi connectivity index (χ1n) is 6.40. The van der Waals surface area contributed by atoms with Crippen LogP contribution in [0, 0.1) is 11.8 Å². The van der Waals surface area contributed by atoms with Gasteiger partial charge in [-0.3, -0.25) is 10.1 Å². The number of carbonyl (C=O) groups is 1. The Morgan fingerprint density at radius 1 is 1.33 bits per heavy atom. The molecule has 1 aromatic heterocycles. The van der Waals surface area contributed by atoms with E-state index in [1.165, 1.54) is 0 Å². The Balaban J connectivity index is 2.36. The molecule has 0 bridgehead atoms. The van der Waals surface area contributed by atoms with Crippen molar-refractivity contribution in [2.24, 2.45) is 17.6 Å². The van der Waals surface area contributed by atoms with E-state index in [1.807, 2.05) is 0 Å². The van der Waals surface area contributed by atoms with Crippen LogP contribution in [0.1, 0.15) is 33.1 Å². The van der Waals surface area contributed by atoms with Crippen LogP contribution in [0.5, 0.6) is 0 Å². The van der Waals surface area contributed by atoms with E-state index in [9.17, 15) is 4.79 Å². The zero-order valence-electron chi connectivity index (χ0n) is 11.1. The van der Waals surface area contributed by atoms with Gasteiger partial charge in [0.25, 0.3) is 0 Å². The second kappa shape index (κ2) is 7.76. The van der Waals surface area contributed by atoms with Gasteiger partial charge in [0.2, 0.25) is 11.9 Å². The van der Waals surface area contributed by atoms with E-state index in [0.717, 1.165) is 12.8 Å². The lowest BCUT2D eigenvalue weighted by Crippen LogP contribution is -2.19. The SMILES string of the molecule is CC(C)C(CCN)CCC(=O)Nc1ncccn1. The molecule has 1 atom stereocenters. The highest BCUT2D eigenvalue weighted by atomic mass is 16.1. The van der Waals surface area contributed by atoms with Gasteiger partial charge in [-0.05, 0) is 37.3 Å². The molecule has 0 radical (unpaired) electrons. The van der Waals surface area contributed by atoms with E-state index in [2.05, 4.69) is 29.1 Å². The summed E-state index contributed by atoms with van der Waals surface area (Å²) in [7, 11) is 0. The highest BCUT2D eigenvalue weighted by molar-refractivity contribution is 5.88. The van der Waals surface area contributed by atoms with Gasteiger partial charge >= 0.3 is 0 Å². The number of aromatic nitrogens is 2. The van der Waals surface area contributed by atoms with E-state index in [0.29, 0.717) is 30.7 Å². The summed E-state index contributed by atoms with van der Waals surface area (Å²) in [6, 6.07) is 1.71.